The first-order valence-corrected chi connectivity index (χ1v) is 12.9. The van der Waals surface area contributed by atoms with Crippen LogP contribution < -0.4 is 4.90 Å². The molecule has 1 atom stereocenters. The minimum Gasteiger partial charge on any atom is -0.395 e. The first kappa shape index (κ1) is 23.5. The van der Waals surface area contributed by atoms with Gasteiger partial charge < -0.3 is 14.6 Å². The molecule has 6 rings (SSSR count). The van der Waals surface area contributed by atoms with E-state index in [2.05, 4.69) is 79.6 Å². The third kappa shape index (κ3) is 4.20. The van der Waals surface area contributed by atoms with E-state index in [0.717, 1.165) is 60.8 Å². The zero-order valence-corrected chi connectivity index (χ0v) is 21.2. The zero-order chi connectivity index (χ0) is 25.5. The fraction of sp³-hybridized carbons (Fsp3) is 0.345. The summed E-state index contributed by atoms with van der Waals surface area (Å²) >= 11 is 0. The van der Waals surface area contributed by atoms with Crippen molar-refractivity contribution in [1.82, 2.24) is 24.2 Å². The number of piperidine rings is 1. The van der Waals surface area contributed by atoms with Gasteiger partial charge in [-0.25, -0.2) is 0 Å². The second-order valence-corrected chi connectivity index (χ2v) is 10.2. The van der Waals surface area contributed by atoms with Crippen molar-refractivity contribution in [3.63, 3.8) is 0 Å². The van der Waals surface area contributed by atoms with Crippen molar-refractivity contribution in [3.8, 4) is 34.4 Å². The van der Waals surface area contributed by atoms with E-state index in [1.165, 1.54) is 11.3 Å². The first-order chi connectivity index (χ1) is 18.1. The van der Waals surface area contributed by atoms with Crippen LogP contribution >= 0.6 is 0 Å². The van der Waals surface area contributed by atoms with Gasteiger partial charge >= 0.3 is 0 Å². The third-order valence-corrected chi connectivity index (χ3v) is 8.05. The Morgan fingerprint density at radius 1 is 1.11 bits per heavy atom. The average molecular weight is 494 g/mol. The van der Waals surface area contributed by atoms with Crippen molar-refractivity contribution in [2.45, 2.75) is 38.4 Å². The number of hydrogen-bond donors (Lipinski definition) is 1. The number of likely N-dealkylation sites (N-methyl/N-ethyl adjacent to an activating group) is 1. The number of benzene rings is 2. The van der Waals surface area contributed by atoms with E-state index >= 15 is 0 Å². The van der Waals surface area contributed by atoms with Gasteiger partial charge in [-0.05, 0) is 74.3 Å². The number of rotatable bonds is 5. The number of aliphatic hydroxyl groups is 1. The molecule has 2 aliphatic rings. The van der Waals surface area contributed by atoms with E-state index in [0.29, 0.717) is 11.6 Å². The van der Waals surface area contributed by atoms with Crippen LogP contribution in [0.3, 0.4) is 0 Å². The van der Waals surface area contributed by atoms with Crippen molar-refractivity contribution in [2.75, 3.05) is 31.6 Å². The van der Waals surface area contributed by atoms with Crippen LogP contribution in [0.2, 0.25) is 0 Å². The van der Waals surface area contributed by atoms with Crippen LogP contribution in [0.1, 0.15) is 30.9 Å². The number of fused-ring (bicyclic) bond motifs is 5. The summed E-state index contributed by atoms with van der Waals surface area (Å²) in [6.45, 7) is 5.02. The van der Waals surface area contributed by atoms with Crippen LogP contribution in [-0.2, 0) is 6.54 Å². The van der Waals surface area contributed by atoms with Crippen molar-refractivity contribution in [2.24, 2.45) is 0 Å². The van der Waals surface area contributed by atoms with Crippen LogP contribution in [0.5, 0.6) is 0 Å². The standard InChI is InChI=1S/C29H31N7O/c1-20(18-37)33(2)25-9-11-34(12-10-25)26-7-8-27-24(13-26)17-35-16-23(22-5-3-21(15-30)4-6-22)14-28(35)29-32-31-19-36(27)29/h3-8,13-14,16,19-20,25,37H,9-12,17-18H2,1-2H3/t20-/m0/s1. The van der Waals surface area contributed by atoms with Crippen LogP contribution in [0, 0.1) is 11.3 Å². The van der Waals surface area contributed by atoms with Gasteiger partial charge in [0.1, 0.15) is 6.33 Å². The second kappa shape index (κ2) is 9.51. The molecule has 0 radical (unpaired) electrons. The van der Waals surface area contributed by atoms with Crippen molar-refractivity contribution >= 4 is 5.69 Å². The van der Waals surface area contributed by atoms with Crippen molar-refractivity contribution in [1.29, 1.82) is 5.26 Å². The molecule has 188 valence electrons. The zero-order valence-electron chi connectivity index (χ0n) is 21.2. The summed E-state index contributed by atoms with van der Waals surface area (Å²) in [7, 11) is 2.13. The van der Waals surface area contributed by atoms with Crippen LogP contribution in [0.15, 0.2) is 61.1 Å². The normalized spacial score (nSPS) is 16.0. The van der Waals surface area contributed by atoms with E-state index in [9.17, 15) is 5.11 Å². The Balaban J connectivity index is 1.29. The molecule has 2 aliphatic heterocycles. The Morgan fingerprint density at radius 3 is 2.62 bits per heavy atom. The number of anilines is 1. The number of nitriles is 1. The number of aromatic nitrogens is 4. The largest absolute Gasteiger partial charge is 0.395 e. The van der Waals surface area contributed by atoms with Crippen molar-refractivity contribution in [3.05, 3.63) is 72.2 Å². The lowest BCUT2D eigenvalue weighted by molar-refractivity contribution is 0.106. The molecule has 0 saturated carbocycles. The smallest absolute Gasteiger partial charge is 0.185 e. The lowest BCUT2D eigenvalue weighted by Crippen LogP contribution is -2.47. The van der Waals surface area contributed by atoms with Crippen LogP contribution in [0.4, 0.5) is 5.69 Å². The molecule has 0 aliphatic carbocycles. The minimum atomic E-state index is 0.187. The maximum Gasteiger partial charge on any atom is 0.185 e. The van der Waals surface area contributed by atoms with E-state index in [4.69, 9.17) is 5.26 Å². The Kier molecular flexibility index (Phi) is 6.03. The highest BCUT2D eigenvalue weighted by Crippen LogP contribution is 2.35. The number of hydrogen-bond acceptors (Lipinski definition) is 6. The topological polar surface area (TPSA) is 86.1 Å². The first-order valence-electron chi connectivity index (χ1n) is 12.9. The summed E-state index contributed by atoms with van der Waals surface area (Å²) in [5, 5.41) is 27.4. The molecule has 1 N–H and O–H groups in total. The van der Waals surface area contributed by atoms with Gasteiger partial charge in [0.15, 0.2) is 5.82 Å². The maximum atomic E-state index is 9.54. The van der Waals surface area contributed by atoms with E-state index < -0.39 is 0 Å². The molecule has 8 nitrogen and oxygen atoms in total. The van der Waals surface area contributed by atoms with Gasteiger partial charge in [0.25, 0.3) is 0 Å². The second-order valence-electron chi connectivity index (χ2n) is 10.2. The highest BCUT2D eigenvalue weighted by Gasteiger charge is 2.27. The number of nitrogens with zero attached hydrogens (tertiary/aromatic N) is 7. The van der Waals surface area contributed by atoms with Gasteiger partial charge in [0.2, 0.25) is 0 Å². The molecule has 0 amide bonds. The van der Waals surface area contributed by atoms with E-state index in [1.807, 2.05) is 24.3 Å². The summed E-state index contributed by atoms with van der Waals surface area (Å²) in [6, 6.07) is 19.4. The molecule has 1 fully saturated rings. The highest BCUT2D eigenvalue weighted by atomic mass is 16.3. The Labute approximate surface area is 217 Å². The Morgan fingerprint density at radius 2 is 1.89 bits per heavy atom. The lowest BCUT2D eigenvalue weighted by atomic mass is 10.0. The quantitative estimate of drug-likeness (QED) is 0.399. The van der Waals surface area contributed by atoms with Gasteiger partial charge in [-0.1, -0.05) is 12.1 Å². The Hall–Kier alpha value is -3.93. The fourth-order valence-corrected chi connectivity index (χ4v) is 5.64. The molecule has 0 unspecified atom stereocenters. The van der Waals surface area contributed by atoms with Gasteiger partial charge in [0, 0.05) is 49.2 Å². The van der Waals surface area contributed by atoms with Crippen LogP contribution in [0.25, 0.3) is 28.3 Å². The molecular formula is C29H31N7O. The molecule has 1 saturated heterocycles. The number of aliphatic hydroxyl groups excluding tert-OH is 1. The van der Waals surface area contributed by atoms with Gasteiger partial charge in [-0.2, -0.15) is 5.26 Å². The summed E-state index contributed by atoms with van der Waals surface area (Å²) in [5.74, 6) is 0.827. The molecule has 2 aromatic carbocycles. The molecule has 4 heterocycles. The van der Waals surface area contributed by atoms with Gasteiger partial charge in [-0.15, -0.1) is 10.2 Å². The fourth-order valence-electron chi connectivity index (χ4n) is 5.64. The predicted molar refractivity (Wildman–Crippen MR) is 144 cm³/mol. The molecule has 8 heteroatoms. The van der Waals surface area contributed by atoms with Gasteiger partial charge in [-0.3, -0.25) is 9.47 Å². The minimum absolute atomic E-state index is 0.187. The predicted octanol–water partition coefficient (Wildman–Crippen LogP) is 3.92. The van der Waals surface area contributed by atoms with E-state index in [1.54, 1.807) is 6.33 Å². The average Bonchev–Trinajstić information content (AvgIpc) is 3.57. The highest BCUT2D eigenvalue weighted by molar-refractivity contribution is 5.72. The molecular weight excluding hydrogens is 462 g/mol. The Bertz CT molecular complexity index is 1450. The summed E-state index contributed by atoms with van der Waals surface area (Å²) in [5.41, 5.74) is 7.43. The molecule has 2 aromatic heterocycles. The lowest BCUT2D eigenvalue weighted by Gasteiger charge is -2.40. The summed E-state index contributed by atoms with van der Waals surface area (Å²) < 4.78 is 4.33. The monoisotopic (exact) mass is 493 g/mol. The molecule has 4 aromatic rings. The SMILES string of the molecule is C[C@@H](CO)N(C)C1CCN(c2ccc3c(c2)Cn2cc(-c4ccc(C#N)cc4)cc2-c2nncn2-3)CC1. The molecule has 37 heavy (non-hydrogen) atoms. The molecule has 0 spiro atoms. The third-order valence-electron chi connectivity index (χ3n) is 8.05. The summed E-state index contributed by atoms with van der Waals surface area (Å²) in [6.07, 6.45) is 6.13. The van der Waals surface area contributed by atoms with Gasteiger partial charge in [0.05, 0.1) is 29.6 Å². The maximum absolute atomic E-state index is 9.54. The summed E-state index contributed by atoms with van der Waals surface area (Å²) in [4.78, 5) is 4.80. The van der Waals surface area contributed by atoms with Crippen LogP contribution in [-0.4, -0.2) is 68.2 Å². The van der Waals surface area contributed by atoms with Crippen molar-refractivity contribution < 1.29 is 5.11 Å². The van der Waals surface area contributed by atoms with E-state index in [-0.39, 0.29) is 12.6 Å². The molecule has 0 bridgehead atoms.